The first-order valence-corrected chi connectivity index (χ1v) is 15.0. The molecule has 0 aliphatic carbocycles. The Balaban J connectivity index is 1.22. The number of hydrogen-bond donors (Lipinski definition) is 2. The van der Waals surface area contributed by atoms with Gasteiger partial charge in [-0.25, -0.2) is 14.6 Å². The van der Waals surface area contributed by atoms with Gasteiger partial charge >= 0.3 is 12.2 Å². The van der Waals surface area contributed by atoms with Crippen molar-refractivity contribution in [3.05, 3.63) is 48.0 Å². The molecule has 2 fully saturated rings. The van der Waals surface area contributed by atoms with Crippen LogP contribution in [-0.2, 0) is 20.8 Å². The zero-order valence-corrected chi connectivity index (χ0v) is 25.9. The summed E-state index contributed by atoms with van der Waals surface area (Å²) in [5, 5.41) is 2.92. The predicted octanol–water partition coefficient (Wildman–Crippen LogP) is 5.71. The lowest BCUT2D eigenvalue weighted by atomic mass is 10.1. The lowest BCUT2D eigenvalue weighted by Crippen LogP contribution is -2.47. The maximum atomic E-state index is 12.9. The van der Waals surface area contributed by atoms with Crippen molar-refractivity contribution in [2.45, 2.75) is 97.1 Å². The number of pyridine rings is 1. The number of carbonyl (C=O) groups excluding carboxylic acids is 3. The fourth-order valence-electron chi connectivity index (χ4n) is 5.53. The van der Waals surface area contributed by atoms with Crippen LogP contribution >= 0.6 is 0 Å². The highest BCUT2D eigenvalue weighted by atomic mass is 16.6. The van der Waals surface area contributed by atoms with E-state index in [1.54, 1.807) is 11.1 Å². The minimum Gasteiger partial charge on any atom is -0.444 e. The topological polar surface area (TPSA) is 130 Å². The summed E-state index contributed by atoms with van der Waals surface area (Å²) in [6, 6.07) is 9.15. The van der Waals surface area contributed by atoms with Crippen molar-refractivity contribution in [2.24, 2.45) is 0 Å². The quantitative estimate of drug-likeness (QED) is 0.389. The first kappa shape index (κ1) is 30.3. The number of aromatic amines is 1. The molecule has 4 heterocycles. The third-order valence-electron chi connectivity index (χ3n) is 7.48. The lowest BCUT2D eigenvalue weighted by molar-refractivity contribution is -0.125. The van der Waals surface area contributed by atoms with Crippen LogP contribution in [-0.4, -0.2) is 73.2 Å². The smallest absolute Gasteiger partial charge is 0.410 e. The van der Waals surface area contributed by atoms with Crippen LogP contribution in [0.5, 0.6) is 0 Å². The van der Waals surface area contributed by atoms with Gasteiger partial charge in [0.15, 0.2) is 0 Å². The number of fused-ring (bicyclic) bond motifs is 1. The number of hydrogen-bond acceptors (Lipinski definition) is 7. The molecule has 11 heteroatoms. The van der Waals surface area contributed by atoms with Gasteiger partial charge < -0.3 is 19.8 Å². The number of nitrogens with zero attached hydrogens (tertiary/aromatic N) is 4. The van der Waals surface area contributed by atoms with E-state index in [0.717, 1.165) is 47.2 Å². The monoisotopic (exact) mass is 590 g/mol. The summed E-state index contributed by atoms with van der Waals surface area (Å²) in [6.07, 6.45) is 4.09. The van der Waals surface area contributed by atoms with Gasteiger partial charge in [-0.2, -0.15) is 0 Å². The summed E-state index contributed by atoms with van der Waals surface area (Å²) in [5.41, 5.74) is 3.15. The highest BCUT2D eigenvalue weighted by molar-refractivity contribution is 5.86. The summed E-state index contributed by atoms with van der Waals surface area (Å²) in [5.74, 6) is 0.550. The molecule has 0 spiro atoms. The normalized spacial score (nSPS) is 19.1. The van der Waals surface area contributed by atoms with Crippen LogP contribution in [0.4, 0.5) is 9.59 Å². The van der Waals surface area contributed by atoms with E-state index in [1.165, 1.54) is 4.90 Å². The van der Waals surface area contributed by atoms with Crippen molar-refractivity contribution in [1.82, 2.24) is 30.1 Å². The van der Waals surface area contributed by atoms with Gasteiger partial charge in [-0.15, -0.1) is 0 Å². The van der Waals surface area contributed by atoms with Gasteiger partial charge in [-0.3, -0.25) is 19.6 Å². The van der Waals surface area contributed by atoms with Gasteiger partial charge in [0.25, 0.3) is 0 Å². The largest absolute Gasteiger partial charge is 0.444 e. The number of ether oxygens (including phenoxy) is 2. The molecule has 43 heavy (non-hydrogen) atoms. The van der Waals surface area contributed by atoms with Crippen LogP contribution in [0.3, 0.4) is 0 Å². The fraction of sp³-hybridized carbons (Fsp3) is 0.531. The second-order valence-corrected chi connectivity index (χ2v) is 13.3. The van der Waals surface area contributed by atoms with Crippen molar-refractivity contribution < 1.29 is 23.9 Å². The average Bonchev–Trinajstić information content (AvgIpc) is 3.68. The molecular weight excluding hydrogens is 548 g/mol. The number of likely N-dealkylation sites (tertiary alicyclic amines) is 2. The van der Waals surface area contributed by atoms with E-state index in [0.29, 0.717) is 25.2 Å². The van der Waals surface area contributed by atoms with Crippen LogP contribution in [0.25, 0.3) is 22.2 Å². The summed E-state index contributed by atoms with van der Waals surface area (Å²) >= 11 is 0. The Hall–Kier alpha value is -4.15. The Labute approximate surface area is 252 Å². The van der Waals surface area contributed by atoms with E-state index >= 15 is 0 Å². The summed E-state index contributed by atoms with van der Waals surface area (Å²) in [4.78, 5) is 54.3. The zero-order valence-electron chi connectivity index (χ0n) is 25.9. The molecule has 0 bridgehead atoms. The lowest BCUT2D eigenvalue weighted by Gasteiger charge is -2.28. The highest BCUT2D eigenvalue weighted by Crippen LogP contribution is 2.33. The minimum atomic E-state index is -0.616. The van der Waals surface area contributed by atoms with Crippen molar-refractivity contribution in [2.75, 3.05) is 13.1 Å². The van der Waals surface area contributed by atoms with E-state index < -0.39 is 23.3 Å². The van der Waals surface area contributed by atoms with Gasteiger partial charge in [0.1, 0.15) is 23.1 Å². The molecule has 3 amide bonds. The maximum absolute atomic E-state index is 12.9. The molecule has 2 saturated heterocycles. The number of nitrogens with one attached hydrogen (secondary N) is 2. The summed E-state index contributed by atoms with van der Waals surface area (Å²) in [6.45, 7) is 12.5. The van der Waals surface area contributed by atoms with E-state index in [9.17, 15) is 14.4 Å². The zero-order chi connectivity index (χ0) is 30.9. The van der Waals surface area contributed by atoms with Gasteiger partial charge in [0.2, 0.25) is 5.91 Å². The number of rotatable bonds is 5. The molecule has 230 valence electrons. The number of benzene rings is 1. The number of carbonyl (C=O) groups is 3. The molecule has 0 unspecified atom stereocenters. The Morgan fingerprint density at radius 2 is 1.56 bits per heavy atom. The maximum Gasteiger partial charge on any atom is 0.410 e. The molecule has 2 aliphatic rings. The van der Waals surface area contributed by atoms with Crippen molar-refractivity contribution in [3.8, 4) is 11.1 Å². The number of H-pyrrole nitrogens is 1. The first-order valence-electron chi connectivity index (χ1n) is 15.0. The second kappa shape index (κ2) is 11.9. The Morgan fingerprint density at radius 1 is 0.907 bits per heavy atom. The average molecular weight is 591 g/mol. The molecule has 0 saturated carbocycles. The fourth-order valence-corrected chi connectivity index (χ4v) is 5.53. The molecule has 5 rings (SSSR count). The third kappa shape index (κ3) is 7.26. The van der Waals surface area contributed by atoms with E-state index in [1.807, 2.05) is 71.9 Å². The molecule has 0 radical (unpaired) electrons. The molecule has 3 aromatic rings. The van der Waals surface area contributed by atoms with Crippen molar-refractivity contribution >= 4 is 29.1 Å². The number of amides is 3. The van der Waals surface area contributed by atoms with Gasteiger partial charge in [-0.1, -0.05) is 12.1 Å². The van der Waals surface area contributed by atoms with Crippen LogP contribution in [0.15, 0.2) is 36.5 Å². The molecular formula is C32H42N6O5. The van der Waals surface area contributed by atoms with E-state index in [-0.39, 0.29) is 24.6 Å². The van der Waals surface area contributed by atoms with Crippen LogP contribution < -0.4 is 5.32 Å². The molecule has 2 aliphatic heterocycles. The SMILES string of the molecule is CC(C)(C)OC(=O)N1CCC[C@H]1C(=O)NCc1ccc(-c2ccc3nc([C@@H]4CCCN4C(=O)OC(C)(C)C)[nH]c3c2)cn1. The number of imidazole rings is 1. The second-order valence-electron chi connectivity index (χ2n) is 13.3. The third-order valence-corrected chi connectivity index (χ3v) is 7.48. The molecule has 2 atom stereocenters. The Morgan fingerprint density at radius 3 is 2.23 bits per heavy atom. The summed E-state index contributed by atoms with van der Waals surface area (Å²) in [7, 11) is 0. The molecule has 1 aromatic carbocycles. The molecule has 11 nitrogen and oxygen atoms in total. The standard InChI is InChI=1S/C32H42N6O5/c1-31(2,3)42-29(40)37-15-7-9-25(37)27-35-23-14-12-20(17-24(23)36-27)21-11-13-22(33-18-21)19-34-28(39)26-10-8-16-38(26)30(41)43-32(4,5)6/h11-14,17-18,25-26H,7-10,15-16,19H2,1-6H3,(H,34,39)(H,35,36)/t25-,26-/m0/s1. The van der Waals surface area contributed by atoms with Crippen LogP contribution in [0, 0.1) is 0 Å². The summed E-state index contributed by atoms with van der Waals surface area (Å²) < 4.78 is 11.1. The molecule has 2 N–H and O–H groups in total. The van der Waals surface area contributed by atoms with Crippen molar-refractivity contribution in [1.29, 1.82) is 0 Å². The van der Waals surface area contributed by atoms with E-state index in [4.69, 9.17) is 14.5 Å². The van der Waals surface area contributed by atoms with Gasteiger partial charge in [0, 0.05) is 24.8 Å². The van der Waals surface area contributed by atoms with Gasteiger partial charge in [0.05, 0.1) is 29.3 Å². The highest BCUT2D eigenvalue weighted by Gasteiger charge is 2.37. The van der Waals surface area contributed by atoms with Crippen LogP contribution in [0.2, 0.25) is 0 Å². The van der Waals surface area contributed by atoms with E-state index in [2.05, 4.69) is 15.3 Å². The van der Waals surface area contributed by atoms with Gasteiger partial charge in [-0.05, 0) is 91.0 Å². The number of aromatic nitrogens is 3. The minimum absolute atomic E-state index is 0.151. The predicted molar refractivity (Wildman–Crippen MR) is 162 cm³/mol. The van der Waals surface area contributed by atoms with Crippen LogP contribution in [0.1, 0.15) is 84.8 Å². The Bertz CT molecular complexity index is 1490. The van der Waals surface area contributed by atoms with Crippen molar-refractivity contribution in [3.63, 3.8) is 0 Å². The Kier molecular flexibility index (Phi) is 8.36. The molecule has 2 aromatic heterocycles. The first-order chi connectivity index (χ1) is 20.3.